The largest absolute Gasteiger partial charge is 0.416 e. The number of hydrogen-bond acceptors (Lipinski definition) is 3. The van der Waals surface area contributed by atoms with Crippen molar-refractivity contribution in [2.45, 2.75) is 37.8 Å². The molecule has 164 valence electrons. The molecule has 0 fully saturated rings. The van der Waals surface area contributed by atoms with Gasteiger partial charge in [-0.3, -0.25) is 14.6 Å². The van der Waals surface area contributed by atoms with E-state index in [1.807, 2.05) is 0 Å². The molecule has 3 aromatic rings. The minimum absolute atomic E-state index is 0.00386. The Morgan fingerprint density at radius 2 is 1.75 bits per heavy atom. The number of aryl methyl sites for hydroxylation is 1. The summed E-state index contributed by atoms with van der Waals surface area (Å²) in [5, 5.41) is 0. The molecule has 32 heavy (non-hydrogen) atoms. The van der Waals surface area contributed by atoms with Crippen molar-refractivity contribution in [1.82, 2.24) is 4.98 Å². The number of carbonyl (C=O) groups excluding carboxylic acids is 2. The van der Waals surface area contributed by atoms with Crippen LogP contribution in [0.5, 0.6) is 0 Å². The van der Waals surface area contributed by atoms with E-state index in [1.165, 1.54) is 30.5 Å². The van der Waals surface area contributed by atoms with Gasteiger partial charge >= 0.3 is 6.18 Å². The summed E-state index contributed by atoms with van der Waals surface area (Å²) in [6.07, 6.45) is -1.93. The molecule has 7 heteroatoms. The highest BCUT2D eigenvalue weighted by molar-refractivity contribution is 5.97. The Bertz CT molecular complexity index is 1170. The molecule has 1 aliphatic carbocycles. The number of Topliss-reactive ketones (excluding diaryl/α,β-unsaturated/α-hetero) is 2. The third-order valence-corrected chi connectivity index (χ3v) is 5.74. The van der Waals surface area contributed by atoms with Crippen LogP contribution >= 0.6 is 0 Å². The van der Waals surface area contributed by atoms with Crippen LogP contribution in [0.4, 0.5) is 17.6 Å². The van der Waals surface area contributed by atoms with Gasteiger partial charge in [0.25, 0.3) is 0 Å². The summed E-state index contributed by atoms with van der Waals surface area (Å²) >= 11 is 0. The monoisotopic (exact) mass is 441 g/mol. The van der Waals surface area contributed by atoms with Crippen molar-refractivity contribution in [2.75, 3.05) is 0 Å². The normalized spacial score (nSPS) is 14.7. The van der Waals surface area contributed by atoms with Crippen LogP contribution in [0.15, 0.2) is 60.8 Å². The fourth-order valence-electron chi connectivity index (χ4n) is 4.01. The molecule has 0 spiro atoms. The van der Waals surface area contributed by atoms with Crippen LogP contribution in [0, 0.1) is 5.82 Å². The molecule has 0 N–H and O–H groups in total. The second kappa shape index (κ2) is 8.65. The number of halogens is 4. The van der Waals surface area contributed by atoms with Gasteiger partial charge in [0.05, 0.1) is 11.3 Å². The first-order chi connectivity index (χ1) is 15.2. The number of fused-ring (bicyclic) bond motifs is 1. The Balaban J connectivity index is 1.66. The van der Waals surface area contributed by atoms with Crippen molar-refractivity contribution >= 4 is 11.6 Å². The maximum absolute atomic E-state index is 14.5. The maximum Gasteiger partial charge on any atom is 0.416 e. The fourth-order valence-corrected chi connectivity index (χ4v) is 4.01. The van der Waals surface area contributed by atoms with Crippen LogP contribution in [0.3, 0.4) is 0 Å². The molecule has 1 aromatic heterocycles. The van der Waals surface area contributed by atoms with E-state index in [1.54, 1.807) is 18.2 Å². The van der Waals surface area contributed by atoms with Crippen molar-refractivity contribution in [3.8, 4) is 0 Å². The van der Waals surface area contributed by atoms with Gasteiger partial charge in [0.1, 0.15) is 11.6 Å². The quantitative estimate of drug-likeness (QED) is 0.377. The van der Waals surface area contributed by atoms with Crippen LogP contribution in [0.25, 0.3) is 0 Å². The lowest BCUT2D eigenvalue weighted by Gasteiger charge is -2.19. The summed E-state index contributed by atoms with van der Waals surface area (Å²) in [5.41, 5.74) is 1.80. The SMILES string of the molecule is O=C1CCc2cc(C(=O)C[C@@H](c3ccc(C(F)(F)F)cc3)c3ncccc3F)ccc2C1. The first-order valence-electron chi connectivity index (χ1n) is 10.2. The van der Waals surface area contributed by atoms with Crippen LogP contribution in [0.1, 0.15) is 57.1 Å². The second-order valence-corrected chi connectivity index (χ2v) is 7.87. The lowest BCUT2D eigenvalue weighted by molar-refractivity contribution is -0.137. The number of pyridine rings is 1. The van der Waals surface area contributed by atoms with Crippen LogP contribution in [-0.4, -0.2) is 16.6 Å². The fraction of sp³-hybridized carbons (Fsp3) is 0.240. The summed E-state index contributed by atoms with van der Waals surface area (Å²) in [6.45, 7) is 0. The number of alkyl halides is 3. The molecule has 2 aromatic carbocycles. The zero-order chi connectivity index (χ0) is 22.9. The minimum atomic E-state index is -4.50. The average molecular weight is 441 g/mol. The lowest BCUT2D eigenvalue weighted by Crippen LogP contribution is -2.16. The van der Waals surface area contributed by atoms with Crippen molar-refractivity contribution in [3.05, 3.63) is 100 Å². The zero-order valence-corrected chi connectivity index (χ0v) is 17.0. The van der Waals surface area contributed by atoms with Crippen molar-refractivity contribution in [3.63, 3.8) is 0 Å². The lowest BCUT2D eigenvalue weighted by atomic mass is 9.85. The summed E-state index contributed by atoms with van der Waals surface area (Å²) < 4.78 is 53.4. The van der Waals surface area contributed by atoms with Gasteiger partial charge < -0.3 is 0 Å². The number of hydrogen-bond donors (Lipinski definition) is 0. The number of aromatic nitrogens is 1. The Morgan fingerprint density at radius 1 is 1.00 bits per heavy atom. The molecule has 3 nitrogen and oxygen atoms in total. The Labute approximate surface area is 182 Å². The van der Waals surface area contributed by atoms with Crippen LogP contribution < -0.4 is 0 Å². The van der Waals surface area contributed by atoms with E-state index in [9.17, 15) is 27.2 Å². The highest BCUT2D eigenvalue weighted by Crippen LogP contribution is 2.34. The van der Waals surface area contributed by atoms with E-state index in [4.69, 9.17) is 0 Å². The highest BCUT2D eigenvalue weighted by atomic mass is 19.4. The molecular formula is C25H19F4NO2. The smallest absolute Gasteiger partial charge is 0.299 e. The van der Waals surface area contributed by atoms with Gasteiger partial charge in [-0.25, -0.2) is 4.39 Å². The van der Waals surface area contributed by atoms with E-state index in [0.717, 1.165) is 23.3 Å². The van der Waals surface area contributed by atoms with E-state index in [-0.39, 0.29) is 23.7 Å². The van der Waals surface area contributed by atoms with Gasteiger partial charge in [0, 0.05) is 36.9 Å². The number of rotatable bonds is 5. The first-order valence-corrected chi connectivity index (χ1v) is 10.2. The standard InChI is InChI=1S/C25H19F4NO2/c26-22-2-1-11-30-24(22)21(15-5-8-19(9-6-15)25(27,28)29)14-23(32)18-4-3-17-13-20(31)10-7-16(17)12-18/h1-6,8-9,11-12,21H,7,10,13-14H2/t21-/m0/s1. The summed E-state index contributed by atoms with van der Waals surface area (Å²) in [6, 6.07) is 12.1. The third kappa shape index (κ3) is 4.61. The molecule has 1 aliphatic rings. The van der Waals surface area contributed by atoms with Crippen molar-refractivity contribution < 1.29 is 27.2 Å². The van der Waals surface area contributed by atoms with Gasteiger partial charge in [-0.2, -0.15) is 13.2 Å². The summed E-state index contributed by atoms with van der Waals surface area (Å²) in [7, 11) is 0. The van der Waals surface area contributed by atoms with Crippen LogP contribution in [0.2, 0.25) is 0 Å². The Hall–Kier alpha value is -3.35. The van der Waals surface area contributed by atoms with Gasteiger partial charge in [-0.05, 0) is 53.4 Å². The maximum atomic E-state index is 14.5. The molecular weight excluding hydrogens is 422 g/mol. The number of nitrogens with zero attached hydrogens (tertiary/aromatic N) is 1. The minimum Gasteiger partial charge on any atom is -0.299 e. The first kappa shape index (κ1) is 21.9. The van der Waals surface area contributed by atoms with Gasteiger partial charge in [-0.15, -0.1) is 0 Å². The Morgan fingerprint density at radius 3 is 2.44 bits per heavy atom. The van der Waals surface area contributed by atoms with Crippen molar-refractivity contribution in [1.29, 1.82) is 0 Å². The topological polar surface area (TPSA) is 47.0 Å². The molecule has 0 amide bonds. The highest BCUT2D eigenvalue weighted by Gasteiger charge is 2.31. The molecule has 0 radical (unpaired) electrons. The number of benzene rings is 2. The van der Waals surface area contributed by atoms with Crippen molar-refractivity contribution in [2.24, 2.45) is 0 Å². The molecule has 4 rings (SSSR count). The molecule has 0 bridgehead atoms. The van der Waals surface area contributed by atoms with Gasteiger partial charge in [-0.1, -0.05) is 24.3 Å². The molecule has 0 saturated heterocycles. The van der Waals surface area contributed by atoms with E-state index >= 15 is 0 Å². The third-order valence-electron chi connectivity index (χ3n) is 5.74. The predicted octanol–water partition coefficient (Wildman–Crippen LogP) is 5.70. The van der Waals surface area contributed by atoms with E-state index in [2.05, 4.69) is 4.98 Å². The van der Waals surface area contributed by atoms with Gasteiger partial charge in [0.15, 0.2) is 5.78 Å². The van der Waals surface area contributed by atoms with E-state index < -0.39 is 23.5 Å². The predicted molar refractivity (Wildman–Crippen MR) is 110 cm³/mol. The Kier molecular flexibility index (Phi) is 5.91. The number of ketones is 2. The molecule has 1 heterocycles. The van der Waals surface area contributed by atoms with Gasteiger partial charge in [0.2, 0.25) is 0 Å². The van der Waals surface area contributed by atoms with Crippen LogP contribution in [-0.2, 0) is 23.8 Å². The molecule has 0 unspecified atom stereocenters. The average Bonchev–Trinajstić information content (AvgIpc) is 2.77. The molecule has 0 saturated carbocycles. The molecule has 0 aliphatic heterocycles. The summed E-state index contributed by atoms with van der Waals surface area (Å²) in [4.78, 5) is 28.8. The summed E-state index contributed by atoms with van der Waals surface area (Å²) in [5.74, 6) is -1.60. The second-order valence-electron chi connectivity index (χ2n) is 7.87. The zero-order valence-electron chi connectivity index (χ0n) is 17.0. The van der Waals surface area contributed by atoms with E-state index in [0.29, 0.717) is 30.4 Å². The number of carbonyl (C=O) groups is 2. The molecule has 1 atom stereocenters.